The number of terminal acetylenes is 1. The van der Waals surface area contributed by atoms with Gasteiger partial charge in [0.15, 0.2) is 0 Å². The first-order valence-corrected chi connectivity index (χ1v) is 6.64. The van der Waals surface area contributed by atoms with Crippen LogP contribution in [0.3, 0.4) is 0 Å². The minimum atomic E-state index is -0.245. The molecule has 0 aliphatic carbocycles. The van der Waals surface area contributed by atoms with E-state index >= 15 is 0 Å². The summed E-state index contributed by atoms with van der Waals surface area (Å²) in [5.41, 5.74) is 0. The third-order valence-corrected chi connectivity index (χ3v) is 2.80. The van der Waals surface area contributed by atoms with E-state index in [9.17, 15) is 4.79 Å². The predicted octanol–water partition coefficient (Wildman–Crippen LogP) is 0.853. The van der Waals surface area contributed by atoms with Crippen LogP contribution in [0.15, 0.2) is 0 Å². The second-order valence-electron chi connectivity index (χ2n) is 3.37. The van der Waals surface area contributed by atoms with E-state index < -0.39 is 0 Å². The van der Waals surface area contributed by atoms with Crippen LogP contribution < -0.4 is 5.32 Å². The van der Waals surface area contributed by atoms with Crippen LogP contribution in [0.1, 0.15) is 29.8 Å². The molecule has 17 heavy (non-hydrogen) atoms. The Labute approximate surface area is 105 Å². The number of aryl methyl sites for hydroxylation is 1. The first kappa shape index (κ1) is 13.6. The van der Waals surface area contributed by atoms with Crippen LogP contribution in [0.2, 0.25) is 0 Å². The number of aromatic nitrogens is 3. The maximum Gasteiger partial charge on any atom is 0.290 e. The van der Waals surface area contributed by atoms with Gasteiger partial charge in [0, 0.05) is 18.7 Å². The fraction of sp³-hybridized carbons (Fsp3) is 0.545. The monoisotopic (exact) mass is 252 g/mol. The normalized spacial score (nSPS) is 9.88. The summed E-state index contributed by atoms with van der Waals surface area (Å²) in [5, 5.41) is 9.35. The number of hydrogen-bond donors (Lipinski definition) is 2. The molecule has 0 spiro atoms. The summed E-state index contributed by atoms with van der Waals surface area (Å²) in [7, 11) is 0. The second-order valence-corrected chi connectivity index (χ2v) is 4.47. The number of carbonyl (C=O) groups is 1. The van der Waals surface area contributed by atoms with Crippen molar-refractivity contribution in [3.63, 3.8) is 0 Å². The van der Waals surface area contributed by atoms with E-state index in [1.807, 2.05) is 6.92 Å². The zero-order chi connectivity index (χ0) is 12.5. The summed E-state index contributed by atoms with van der Waals surface area (Å²) in [6, 6.07) is 0. The van der Waals surface area contributed by atoms with Crippen LogP contribution in [0, 0.1) is 12.3 Å². The minimum absolute atomic E-state index is 0.204. The van der Waals surface area contributed by atoms with E-state index in [0.29, 0.717) is 12.3 Å². The fourth-order valence-electron chi connectivity index (χ4n) is 1.19. The summed E-state index contributed by atoms with van der Waals surface area (Å²) >= 11 is 1.60. The van der Waals surface area contributed by atoms with Crippen LogP contribution >= 0.6 is 11.8 Å². The highest BCUT2D eigenvalue weighted by Crippen LogP contribution is 1.98. The number of H-pyrrole nitrogens is 1. The topological polar surface area (TPSA) is 70.7 Å². The summed E-state index contributed by atoms with van der Waals surface area (Å²) in [6.07, 6.45) is 6.89. The fourth-order valence-corrected chi connectivity index (χ4v) is 1.70. The zero-order valence-electron chi connectivity index (χ0n) is 9.82. The second kappa shape index (κ2) is 7.74. The summed E-state index contributed by atoms with van der Waals surface area (Å²) in [6.45, 7) is 2.62. The van der Waals surface area contributed by atoms with Crippen molar-refractivity contribution in [2.24, 2.45) is 0 Å². The molecule has 6 heteroatoms. The quantitative estimate of drug-likeness (QED) is 0.557. The molecule has 1 aromatic rings. The summed E-state index contributed by atoms with van der Waals surface area (Å²) in [4.78, 5) is 15.7. The van der Waals surface area contributed by atoms with E-state index in [2.05, 4.69) is 26.4 Å². The van der Waals surface area contributed by atoms with Crippen molar-refractivity contribution in [2.45, 2.75) is 19.8 Å². The van der Waals surface area contributed by atoms with Gasteiger partial charge in [-0.2, -0.15) is 0 Å². The van der Waals surface area contributed by atoms with Crippen molar-refractivity contribution in [2.75, 3.05) is 18.1 Å². The van der Waals surface area contributed by atoms with Crippen LogP contribution in [0.5, 0.6) is 0 Å². The van der Waals surface area contributed by atoms with Crippen LogP contribution in [-0.4, -0.2) is 39.1 Å². The third kappa shape index (κ3) is 4.91. The number of amides is 1. The zero-order valence-corrected chi connectivity index (χ0v) is 10.6. The van der Waals surface area contributed by atoms with Gasteiger partial charge in [-0.3, -0.25) is 9.89 Å². The van der Waals surface area contributed by atoms with Gasteiger partial charge in [-0.05, 0) is 6.42 Å². The van der Waals surface area contributed by atoms with Gasteiger partial charge in [0.2, 0.25) is 5.82 Å². The summed E-state index contributed by atoms with van der Waals surface area (Å²) in [5.74, 6) is 4.69. The molecule has 1 amide bonds. The Kier molecular flexibility index (Phi) is 6.18. The average molecular weight is 252 g/mol. The Hall–Kier alpha value is -1.48. The Bertz CT molecular complexity index is 396. The molecule has 0 bridgehead atoms. The number of carbonyl (C=O) groups excluding carboxylic acids is 1. The molecule has 2 N–H and O–H groups in total. The average Bonchev–Trinajstić information content (AvgIpc) is 2.78. The van der Waals surface area contributed by atoms with Gasteiger partial charge in [0.25, 0.3) is 5.91 Å². The SMILES string of the molecule is C#CCSCCNC(=O)c1n[nH]c(CCC)n1. The van der Waals surface area contributed by atoms with Gasteiger partial charge in [0.05, 0.1) is 5.75 Å². The number of nitrogens with zero attached hydrogens (tertiary/aromatic N) is 2. The molecule has 0 aliphatic heterocycles. The largest absolute Gasteiger partial charge is 0.348 e. The van der Waals surface area contributed by atoms with Gasteiger partial charge in [0.1, 0.15) is 5.82 Å². The van der Waals surface area contributed by atoms with Crippen molar-refractivity contribution in [3.05, 3.63) is 11.6 Å². The molecular formula is C11H16N4OS. The highest BCUT2D eigenvalue weighted by molar-refractivity contribution is 7.99. The molecule has 0 fully saturated rings. The van der Waals surface area contributed by atoms with Crippen LogP contribution in [0.25, 0.3) is 0 Å². The number of nitrogens with one attached hydrogen (secondary N) is 2. The first-order chi connectivity index (χ1) is 8.27. The van der Waals surface area contributed by atoms with Gasteiger partial charge < -0.3 is 5.32 Å². The van der Waals surface area contributed by atoms with Crippen molar-refractivity contribution in [3.8, 4) is 12.3 Å². The first-order valence-electron chi connectivity index (χ1n) is 5.48. The van der Waals surface area contributed by atoms with Gasteiger partial charge in [-0.25, -0.2) is 4.98 Å². The molecule has 92 valence electrons. The lowest BCUT2D eigenvalue weighted by atomic mass is 10.3. The molecule has 1 rings (SSSR count). The van der Waals surface area contributed by atoms with Crippen molar-refractivity contribution < 1.29 is 4.79 Å². The maximum atomic E-state index is 11.6. The van der Waals surface area contributed by atoms with Crippen LogP contribution in [0.4, 0.5) is 0 Å². The molecule has 0 aromatic carbocycles. The van der Waals surface area contributed by atoms with E-state index in [-0.39, 0.29) is 11.7 Å². The Balaban J connectivity index is 2.29. The smallest absolute Gasteiger partial charge is 0.290 e. The molecule has 0 atom stereocenters. The molecule has 0 unspecified atom stereocenters. The molecule has 1 heterocycles. The molecule has 0 radical (unpaired) electrons. The number of rotatable bonds is 7. The minimum Gasteiger partial charge on any atom is -0.348 e. The lowest BCUT2D eigenvalue weighted by Gasteiger charge is -2.00. The van der Waals surface area contributed by atoms with Gasteiger partial charge >= 0.3 is 0 Å². The van der Waals surface area contributed by atoms with Crippen molar-refractivity contribution in [1.82, 2.24) is 20.5 Å². The molecular weight excluding hydrogens is 236 g/mol. The highest BCUT2D eigenvalue weighted by Gasteiger charge is 2.10. The van der Waals surface area contributed by atoms with Crippen molar-refractivity contribution in [1.29, 1.82) is 0 Å². The van der Waals surface area contributed by atoms with E-state index in [0.717, 1.165) is 24.4 Å². The Morgan fingerprint density at radius 2 is 2.47 bits per heavy atom. The number of thioether (sulfide) groups is 1. The lowest BCUT2D eigenvalue weighted by molar-refractivity contribution is 0.0946. The Morgan fingerprint density at radius 1 is 1.65 bits per heavy atom. The Morgan fingerprint density at radius 3 is 3.18 bits per heavy atom. The molecule has 5 nitrogen and oxygen atoms in total. The van der Waals surface area contributed by atoms with Crippen LogP contribution in [-0.2, 0) is 6.42 Å². The van der Waals surface area contributed by atoms with E-state index in [4.69, 9.17) is 6.42 Å². The lowest BCUT2D eigenvalue weighted by Crippen LogP contribution is -2.26. The maximum absolute atomic E-state index is 11.6. The number of hydrogen-bond acceptors (Lipinski definition) is 4. The van der Waals surface area contributed by atoms with E-state index in [1.54, 1.807) is 11.8 Å². The molecule has 0 saturated heterocycles. The number of aromatic amines is 1. The molecule has 0 saturated carbocycles. The van der Waals surface area contributed by atoms with Crippen molar-refractivity contribution >= 4 is 17.7 Å². The molecule has 0 aliphatic rings. The summed E-state index contributed by atoms with van der Waals surface area (Å²) < 4.78 is 0. The standard InChI is InChI=1S/C11H16N4OS/c1-3-5-9-13-10(15-14-9)11(16)12-6-8-17-7-4-2/h2H,3,5-8H2,1H3,(H,12,16)(H,13,14,15). The highest BCUT2D eigenvalue weighted by atomic mass is 32.2. The third-order valence-electron chi connectivity index (χ3n) is 1.94. The van der Waals surface area contributed by atoms with Gasteiger partial charge in [-0.15, -0.1) is 23.3 Å². The van der Waals surface area contributed by atoms with Gasteiger partial charge in [-0.1, -0.05) is 12.8 Å². The predicted molar refractivity (Wildman–Crippen MR) is 68.9 cm³/mol. The van der Waals surface area contributed by atoms with E-state index in [1.165, 1.54) is 0 Å². The molecule has 1 aromatic heterocycles.